The minimum atomic E-state index is -1.30. The lowest BCUT2D eigenvalue weighted by atomic mass is 10.0. The number of fused-ring (bicyclic) bond motifs is 1. The van der Waals surface area contributed by atoms with Gasteiger partial charge in [-0.2, -0.15) is 0 Å². The number of aliphatic carboxylic acids is 1. The van der Waals surface area contributed by atoms with E-state index >= 15 is 0 Å². The van der Waals surface area contributed by atoms with Crippen molar-refractivity contribution in [2.75, 3.05) is 11.1 Å². The Bertz CT molecular complexity index is 500. The summed E-state index contributed by atoms with van der Waals surface area (Å²) in [6, 6.07) is 6.63. The molecule has 0 fully saturated rings. The maximum Gasteiger partial charge on any atom is 0.245 e. The molecule has 0 saturated heterocycles. The quantitative estimate of drug-likeness (QED) is 0.742. The summed E-state index contributed by atoms with van der Waals surface area (Å²) in [6.45, 7) is 0. The van der Waals surface area contributed by atoms with Crippen molar-refractivity contribution in [2.45, 2.75) is 5.25 Å². The molecule has 0 aliphatic carbocycles. The molecule has 6 heteroatoms. The van der Waals surface area contributed by atoms with Gasteiger partial charge in [-0.05, 0) is 12.1 Å². The molecule has 1 aliphatic heterocycles. The van der Waals surface area contributed by atoms with E-state index in [1.54, 1.807) is 24.3 Å². The number of rotatable bonds is 3. The van der Waals surface area contributed by atoms with Gasteiger partial charge in [0.2, 0.25) is 5.91 Å². The number of nitrogens with one attached hydrogen (secondary N) is 1. The third-order valence-corrected chi connectivity index (χ3v) is 3.46. The maximum absolute atomic E-state index is 11.9. The van der Waals surface area contributed by atoms with Crippen molar-refractivity contribution in [3.8, 4) is 0 Å². The van der Waals surface area contributed by atoms with Gasteiger partial charge in [0.1, 0.15) is 5.25 Å². The van der Waals surface area contributed by atoms with Gasteiger partial charge in [-0.3, -0.25) is 9.59 Å². The zero-order chi connectivity index (χ0) is 12.4. The fourth-order valence-electron chi connectivity index (χ4n) is 1.57. The molecule has 1 aromatic carbocycles. The van der Waals surface area contributed by atoms with E-state index in [4.69, 9.17) is 0 Å². The first-order valence-electron chi connectivity index (χ1n) is 4.85. The number of thioether (sulfide) groups is 1. The summed E-state index contributed by atoms with van der Waals surface area (Å²) in [4.78, 5) is 33.9. The number of carbonyl (C=O) groups excluding carboxylic acids is 3. The second kappa shape index (κ2) is 4.58. The van der Waals surface area contributed by atoms with Gasteiger partial charge in [0.25, 0.3) is 0 Å². The Morgan fingerprint density at radius 2 is 2.06 bits per heavy atom. The monoisotopic (exact) mass is 250 g/mol. The molecule has 5 nitrogen and oxygen atoms in total. The van der Waals surface area contributed by atoms with Crippen molar-refractivity contribution in [2.24, 2.45) is 0 Å². The molecule has 17 heavy (non-hydrogen) atoms. The van der Waals surface area contributed by atoms with Crippen molar-refractivity contribution in [1.29, 1.82) is 0 Å². The van der Waals surface area contributed by atoms with Gasteiger partial charge in [0.15, 0.2) is 5.78 Å². The molecule has 1 aliphatic rings. The number of carbonyl (C=O) groups is 3. The van der Waals surface area contributed by atoms with Crippen molar-refractivity contribution in [3.63, 3.8) is 0 Å². The molecule has 0 radical (unpaired) electrons. The molecule has 1 aromatic rings. The summed E-state index contributed by atoms with van der Waals surface area (Å²) in [6.07, 6.45) is 0. The van der Waals surface area contributed by atoms with Crippen LogP contribution in [0.15, 0.2) is 24.3 Å². The average molecular weight is 250 g/mol. The Morgan fingerprint density at radius 1 is 1.35 bits per heavy atom. The second-order valence-electron chi connectivity index (χ2n) is 3.46. The van der Waals surface area contributed by atoms with Crippen LogP contribution in [0.4, 0.5) is 5.69 Å². The fraction of sp³-hybridized carbons (Fsp3) is 0.182. The van der Waals surface area contributed by atoms with Crippen LogP contribution in [0, 0.1) is 0 Å². The van der Waals surface area contributed by atoms with E-state index in [2.05, 4.69) is 5.32 Å². The first kappa shape index (κ1) is 11.7. The van der Waals surface area contributed by atoms with E-state index in [1.807, 2.05) is 0 Å². The normalized spacial score (nSPS) is 18.5. The zero-order valence-corrected chi connectivity index (χ0v) is 9.45. The van der Waals surface area contributed by atoms with Crippen LogP contribution in [-0.4, -0.2) is 28.7 Å². The predicted molar refractivity (Wildman–Crippen MR) is 60.7 cm³/mol. The molecule has 1 unspecified atom stereocenters. The number of hydrogen-bond donors (Lipinski definition) is 1. The molecule has 0 aromatic heterocycles. The lowest BCUT2D eigenvalue weighted by molar-refractivity contribution is -0.301. The number of hydrogen-bond acceptors (Lipinski definition) is 5. The van der Waals surface area contributed by atoms with Crippen LogP contribution in [0.25, 0.3) is 0 Å². The standard InChI is InChI=1S/C11H9NO4S/c13-8(14)5-17-10-9(15)6-3-1-2-4-7(6)12-11(10)16/h1-4,10H,5H2,(H,12,16)(H,13,14)/p-1. The van der Waals surface area contributed by atoms with Crippen LogP contribution < -0.4 is 10.4 Å². The van der Waals surface area contributed by atoms with E-state index in [0.717, 1.165) is 11.8 Å². The van der Waals surface area contributed by atoms with Gasteiger partial charge < -0.3 is 15.2 Å². The van der Waals surface area contributed by atoms with Crippen LogP contribution in [-0.2, 0) is 9.59 Å². The summed E-state index contributed by atoms with van der Waals surface area (Å²) in [5.74, 6) is -2.53. The van der Waals surface area contributed by atoms with Gasteiger partial charge >= 0.3 is 0 Å². The number of carboxylic acid groups (broad SMARTS) is 1. The molecule has 1 N–H and O–H groups in total. The molecule has 1 atom stereocenters. The lowest BCUT2D eigenvalue weighted by Gasteiger charge is -2.22. The van der Waals surface area contributed by atoms with Crippen LogP contribution in [0.2, 0.25) is 0 Å². The molecule has 1 amide bonds. The van der Waals surface area contributed by atoms with Crippen LogP contribution in [0.5, 0.6) is 0 Å². The Balaban J connectivity index is 2.24. The Hall–Kier alpha value is -1.82. The summed E-state index contributed by atoms with van der Waals surface area (Å²) in [5, 5.41) is 11.9. The van der Waals surface area contributed by atoms with Crippen LogP contribution >= 0.6 is 11.8 Å². The summed E-state index contributed by atoms with van der Waals surface area (Å²) in [5.41, 5.74) is 0.871. The number of carboxylic acids is 1. The minimum Gasteiger partial charge on any atom is -0.549 e. The highest BCUT2D eigenvalue weighted by atomic mass is 32.2. The number of anilines is 1. The summed E-state index contributed by atoms with van der Waals surface area (Å²) >= 11 is 0.762. The molecule has 0 bridgehead atoms. The van der Waals surface area contributed by atoms with E-state index in [0.29, 0.717) is 11.3 Å². The largest absolute Gasteiger partial charge is 0.549 e. The summed E-state index contributed by atoms with van der Waals surface area (Å²) in [7, 11) is 0. The molecular formula is C11H8NO4S-. The van der Waals surface area contributed by atoms with Crippen molar-refractivity contribution in [3.05, 3.63) is 29.8 Å². The zero-order valence-electron chi connectivity index (χ0n) is 8.64. The second-order valence-corrected chi connectivity index (χ2v) is 4.56. The van der Waals surface area contributed by atoms with E-state index < -0.39 is 17.1 Å². The Labute approximate surface area is 101 Å². The van der Waals surface area contributed by atoms with Gasteiger partial charge in [-0.25, -0.2) is 0 Å². The molecule has 1 heterocycles. The number of ketones is 1. The molecule has 0 spiro atoms. The highest BCUT2D eigenvalue weighted by molar-refractivity contribution is 8.02. The minimum absolute atomic E-state index is 0.365. The van der Waals surface area contributed by atoms with Crippen molar-refractivity contribution in [1.82, 2.24) is 0 Å². The number of benzene rings is 1. The molecule has 2 rings (SSSR count). The van der Waals surface area contributed by atoms with Crippen molar-refractivity contribution < 1.29 is 19.5 Å². The molecular weight excluding hydrogens is 242 g/mol. The Morgan fingerprint density at radius 3 is 2.76 bits per heavy atom. The first-order valence-corrected chi connectivity index (χ1v) is 5.90. The number of Topliss-reactive ketones (excluding diaryl/α,β-unsaturated/α-hetero) is 1. The van der Waals surface area contributed by atoms with E-state index in [1.165, 1.54) is 0 Å². The third kappa shape index (κ3) is 2.31. The number of para-hydroxylation sites is 1. The Kier molecular flexibility index (Phi) is 3.14. The molecule has 0 saturated carbocycles. The van der Waals surface area contributed by atoms with Crippen LogP contribution in [0.1, 0.15) is 10.4 Å². The maximum atomic E-state index is 11.9. The number of amides is 1. The predicted octanol–water partition coefficient (Wildman–Crippen LogP) is -0.327. The smallest absolute Gasteiger partial charge is 0.245 e. The highest BCUT2D eigenvalue weighted by Crippen LogP contribution is 2.27. The first-order chi connectivity index (χ1) is 8.09. The third-order valence-electron chi connectivity index (χ3n) is 2.29. The SMILES string of the molecule is O=C([O-])CSC1C(=O)Nc2ccccc2C1=O. The molecule has 88 valence electrons. The van der Waals surface area contributed by atoms with Gasteiger partial charge in [-0.15, -0.1) is 11.8 Å². The van der Waals surface area contributed by atoms with Crippen LogP contribution in [0.3, 0.4) is 0 Å². The summed E-state index contributed by atoms with van der Waals surface area (Å²) < 4.78 is 0. The highest BCUT2D eigenvalue weighted by Gasteiger charge is 2.34. The lowest BCUT2D eigenvalue weighted by Crippen LogP contribution is -2.39. The van der Waals surface area contributed by atoms with Gasteiger partial charge in [0, 0.05) is 11.3 Å². The van der Waals surface area contributed by atoms with Gasteiger partial charge in [0.05, 0.1) is 11.7 Å². The van der Waals surface area contributed by atoms with E-state index in [9.17, 15) is 19.5 Å². The topological polar surface area (TPSA) is 86.3 Å². The van der Waals surface area contributed by atoms with Crippen molar-refractivity contribution >= 4 is 35.1 Å². The average Bonchev–Trinajstić information content (AvgIpc) is 2.28. The fourth-order valence-corrected chi connectivity index (χ4v) is 2.36. The van der Waals surface area contributed by atoms with E-state index in [-0.39, 0.29) is 11.5 Å². The van der Waals surface area contributed by atoms with Gasteiger partial charge in [-0.1, -0.05) is 12.1 Å².